The van der Waals surface area contributed by atoms with Gasteiger partial charge < -0.3 is 4.90 Å². The lowest BCUT2D eigenvalue weighted by Crippen LogP contribution is -2.35. The minimum atomic E-state index is -3.31. The van der Waals surface area contributed by atoms with E-state index in [4.69, 9.17) is 0 Å². The van der Waals surface area contributed by atoms with Crippen LogP contribution in [0, 0.1) is 0 Å². The van der Waals surface area contributed by atoms with E-state index < -0.39 is 10.0 Å². The first-order valence-electron chi connectivity index (χ1n) is 9.53. The molecule has 4 rings (SSSR count). The van der Waals surface area contributed by atoms with Crippen molar-refractivity contribution in [1.82, 2.24) is 0 Å². The number of anilines is 2. The van der Waals surface area contributed by atoms with Crippen LogP contribution in [0.1, 0.15) is 35.7 Å². The van der Waals surface area contributed by atoms with E-state index in [-0.39, 0.29) is 5.91 Å². The molecule has 2 aliphatic rings. The number of carbonyl (C=O) groups is 1. The second-order valence-corrected chi connectivity index (χ2v) is 10.8. The maximum Gasteiger partial charge on any atom is 0.258 e. The highest BCUT2D eigenvalue weighted by atomic mass is 32.2. The second-order valence-electron chi connectivity index (χ2n) is 7.42. The van der Waals surface area contributed by atoms with E-state index in [1.54, 1.807) is 12.1 Å². The standard InChI is InChI=1S/C21H24N2O3S2/c1-15-11-13-22(19-7-3-4-8-20(19)27-15)21(24)17-9-10-18-16(14-17)6-5-12-23(18)28(2,25)26/h3-4,7-10,14-15H,5-6,11-13H2,1-2H3/t15-/m0/s1. The van der Waals surface area contributed by atoms with E-state index in [1.165, 1.54) is 10.6 Å². The summed E-state index contributed by atoms with van der Waals surface area (Å²) in [5, 5.41) is 0.450. The van der Waals surface area contributed by atoms with Gasteiger partial charge in [-0.3, -0.25) is 9.10 Å². The molecule has 1 atom stereocenters. The predicted molar refractivity (Wildman–Crippen MR) is 115 cm³/mol. The van der Waals surface area contributed by atoms with Crippen molar-refractivity contribution in [2.24, 2.45) is 0 Å². The summed E-state index contributed by atoms with van der Waals surface area (Å²) in [5.74, 6) is -0.0265. The summed E-state index contributed by atoms with van der Waals surface area (Å²) in [6.45, 7) is 3.36. The minimum absolute atomic E-state index is 0.0265. The summed E-state index contributed by atoms with van der Waals surface area (Å²) in [4.78, 5) is 16.4. The zero-order valence-corrected chi connectivity index (χ0v) is 17.7. The molecule has 0 fully saturated rings. The van der Waals surface area contributed by atoms with Crippen LogP contribution in [-0.2, 0) is 16.4 Å². The third-order valence-corrected chi connectivity index (χ3v) is 7.71. The number of aryl methyl sites for hydroxylation is 1. The number of fused-ring (bicyclic) bond motifs is 2. The Morgan fingerprint density at radius 1 is 1.11 bits per heavy atom. The first kappa shape index (κ1) is 19.3. The van der Waals surface area contributed by atoms with E-state index in [0.29, 0.717) is 29.6 Å². The largest absolute Gasteiger partial charge is 0.307 e. The lowest BCUT2D eigenvalue weighted by molar-refractivity contribution is 0.0986. The number of sulfonamides is 1. The van der Waals surface area contributed by atoms with Gasteiger partial charge in [-0.2, -0.15) is 0 Å². The van der Waals surface area contributed by atoms with E-state index in [1.807, 2.05) is 40.9 Å². The summed E-state index contributed by atoms with van der Waals surface area (Å²) in [7, 11) is -3.31. The topological polar surface area (TPSA) is 57.7 Å². The SMILES string of the molecule is C[C@H]1CCN(C(=O)c2ccc3c(c2)CCCN3S(C)(=O)=O)c2ccccc2S1. The number of thioether (sulfide) groups is 1. The maximum atomic E-state index is 13.4. The van der Waals surface area contributed by atoms with Gasteiger partial charge in [-0.25, -0.2) is 8.42 Å². The van der Waals surface area contributed by atoms with Crippen molar-refractivity contribution in [2.75, 3.05) is 28.6 Å². The van der Waals surface area contributed by atoms with Crippen LogP contribution in [0.25, 0.3) is 0 Å². The van der Waals surface area contributed by atoms with Crippen molar-refractivity contribution >= 4 is 39.1 Å². The fourth-order valence-corrected chi connectivity index (χ4v) is 6.00. The lowest BCUT2D eigenvalue weighted by atomic mass is 10.00. The third kappa shape index (κ3) is 3.65. The molecule has 0 saturated carbocycles. The van der Waals surface area contributed by atoms with Gasteiger partial charge in [0.1, 0.15) is 0 Å². The fraction of sp³-hybridized carbons (Fsp3) is 0.381. The molecule has 0 radical (unpaired) electrons. The van der Waals surface area contributed by atoms with Crippen molar-refractivity contribution < 1.29 is 13.2 Å². The van der Waals surface area contributed by atoms with Crippen molar-refractivity contribution in [3.8, 4) is 0 Å². The molecule has 2 aliphatic heterocycles. The van der Waals surface area contributed by atoms with Crippen molar-refractivity contribution in [1.29, 1.82) is 0 Å². The normalized spacial score (nSPS) is 19.6. The van der Waals surface area contributed by atoms with Gasteiger partial charge in [-0.15, -0.1) is 11.8 Å². The molecule has 0 aliphatic carbocycles. The molecule has 28 heavy (non-hydrogen) atoms. The van der Waals surface area contributed by atoms with Gasteiger partial charge in [-0.05, 0) is 55.2 Å². The van der Waals surface area contributed by atoms with Gasteiger partial charge in [-0.1, -0.05) is 19.1 Å². The monoisotopic (exact) mass is 416 g/mol. The number of benzene rings is 2. The Bertz CT molecular complexity index is 1020. The quantitative estimate of drug-likeness (QED) is 0.744. The number of para-hydroxylation sites is 1. The molecule has 0 spiro atoms. The summed E-state index contributed by atoms with van der Waals surface area (Å²) < 4.78 is 25.6. The molecule has 0 aromatic heterocycles. The zero-order chi connectivity index (χ0) is 19.9. The van der Waals surface area contributed by atoms with Crippen LogP contribution in [0.5, 0.6) is 0 Å². The average molecular weight is 417 g/mol. The van der Waals surface area contributed by atoms with E-state index in [9.17, 15) is 13.2 Å². The van der Waals surface area contributed by atoms with Crippen LogP contribution >= 0.6 is 11.8 Å². The van der Waals surface area contributed by atoms with Gasteiger partial charge >= 0.3 is 0 Å². The Morgan fingerprint density at radius 3 is 2.68 bits per heavy atom. The molecule has 1 amide bonds. The van der Waals surface area contributed by atoms with Gasteiger partial charge in [0.05, 0.1) is 17.6 Å². The molecule has 7 heteroatoms. The average Bonchev–Trinajstić information content (AvgIpc) is 2.84. The summed E-state index contributed by atoms with van der Waals surface area (Å²) >= 11 is 1.81. The second kappa shape index (κ2) is 7.44. The lowest BCUT2D eigenvalue weighted by Gasteiger charge is -2.30. The van der Waals surface area contributed by atoms with Crippen LogP contribution in [0.2, 0.25) is 0 Å². The highest BCUT2D eigenvalue weighted by Gasteiger charge is 2.28. The van der Waals surface area contributed by atoms with Crippen molar-refractivity contribution in [2.45, 2.75) is 36.3 Å². The Kier molecular flexibility index (Phi) is 5.14. The molecule has 0 unspecified atom stereocenters. The van der Waals surface area contributed by atoms with Gasteiger partial charge in [0.2, 0.25) is 10.0 Å². The van der Waals surface area contributed by atoms with Gasteiger partial charge in [0.25, 0.3) is 5.91 Å². The van der Waals surface area contributed by atoms with E-state index in [0.717, 1.165) is 35.4 Å². The van der Waals surface area contributed by atoms with Gasteiger partial charge in [0, 0.05) is 28.8 Å². The van der Waals surface area contributed by atoms with E-state index >= 15 is 0 Å². The number of carbonyl (C=O) groups excluding carboxylic acids is 1. The first-order valence-corrected chi connectivity index (χ1v) is 12.3. The first-order chi connectivity index (χ1) is 13.3. The Labute approximate surface area is 170 Å². The van der Waals surface area contributed by atoms with Crippen LogP contribution in [0.3, 0.4) is 0 Å². The van der Waals surface area contributed by atoms with E-state index in [2.05, 4.69) is 13.0 Å². The minimum Gasteiger partial charge on any atom is -0.307 e. The molecule has 5 nitrogen and oxygen atoms in total. The molecule has 2 aromatic rings. The third-order valence-electron chi connectivity index (χ3n) is 5.29. The van der Waals surface area contributed by atoms with Gasteiger partial charge in [0.15, 0.2) is 0 Å². The Balaban J connectivity index is 1.70. The van der Waals surface area contributed by atoms with Crippen molar-refractivity contribution in [3.63, 3.8) is 0 Å². The molecular weight excluding hydrogens is 392 g/mol. The molecular formula is C21H24N2O3S2. The Hall–Kier alpha value is -1.99. The summed E-state index contributed by atoms with van der Waals surface area (Å²) in [6, 6.07) is 13.5. The molecule has 0 saturated heterocycles. The highest BCUT2D eigenvalue weighted by Crippen LogP contribution is 2.38. The fourth-order valence-electron chi connectivity index (χ4n) is 3.89. The highest BCUT2D eigenvalue weighted by molar-refractivity contribution is 8.00. The van der Waals surface area contributed by atoms with Crippen LogP contribution in [-0.4, -0.2) is 38.9 Å². The smallest absolute Gasteiger partial charge is 0.258 e. The number of hydrogen-bond acceptors (Lipinski definition) is 4. The van der Waals surface area contributed by atoms with Crippen molar-refractivity contribution in [3.05, 3.63) is 53.6 Å². The molecule has 148 valence electrons. The molecule has 2 heterocycles. The molecule has 0 N–H and O–H groups in total. The number of nitrogens with zero attached hydrogens (tertiary/aromatic N) is 2. The van der Waals surface area contributed by atoms with Crippen LogP contribution < -0.4 is 9.21 Å². The number of rotatable bonds is 2. The summed E-state index contributed by atoms with van der Waals surface area (Å²) in [6.07, 6.45) is 3.70. The molecule has 2 aromatic carbocycles. The number of amides is 1. The maximum absolute atomic E-state index is 13.4. The molecule has 0 bridgehead atoms. The van der Waals surface area contributed by atoms with Crippen LogP contribution in [0.15, 0.2) is 47.4 Å². The van der Waals surface area contributed by atoms with Crippen LogP contribution in [0.4, 0.5) is 11.4 Å². The predicted octanol–water partition coefficient (Wildman–Crippen LogP) is 3.93. The zero-order valence-electron chi connectivity index (χ0n) is 16.1. The Morgan fingerprint density at radius 2 is 1.89 bits per heavy atom. The number of hydrogen-bond donors (Lipinski definition) is 0. The summed E-state index contributed by atoms with van der Waals surface area (Å²) in [5.41, 5.74) is 3.19.